The molecule has 0 aliphatic heterocycles. The van der Waals surface area contributed by atoms with Gasteiger partial charge in [-0.2, -0.15) is 0 Å². The van der Waals surface area contributed by atoms with Gasteiger partial charge < -0.3 is 9.84 Å². The Kier molecular flexibility index (Phi) is 9.61. The van der Waals surface area contributed by atoms with Gasteiger partial charge in [-0.25, -0.2) is 9.59 Å². The molecular formula is C5H7KO4. The number of methoxy groups -OCH3 is 1. The monoisotopic (exact) mass is 170 g/mol. The Morgan fingerprint density at radius 2 is 1.90 bits per heavy atom. The van der Waals surface area contributed by atoms with Crippen LogP contribution in [0.1, 0.15) is 0 Å². The zero-order valence-electron chi connectivity index (χ0n) is 4.83. The van der Waals surface area contributed by atoms with E-state index in [4.69, 9.17) is 5.11 Å². The van der Waals surface area contributed by atoms with Crippen LogP contribution in [-0.2, 0) is 14.3 Å². The Bertz CT molecular complexity index is 152. The molecule has 0 saturated carbocycles. The summed E-state index contributed by atoms with van der Waals surface area (Å²) in [5.41, 5.74) is 0. The van der Waals surface area contributed by atoms with Crippen LogP contribution in [-0.4, -0.2) is 75.5 Å². The predicted molar refractivity (Wildman–Crippen MR) is 35.9 cm³/mol. The van der Waals surface area contributed by atoms with E-state index >= 15 is 0 Å². The summed E-state index contributed by atoms with van der Waals surface area (Å²) in [7, 11) is 1.18. The Morgan fingerprint density at radius 3 is 2.20 bits per heavy atom. The number of carbonyl (C=O) groups is 2. The van der Waals surface area contributed by atoms with Gasteiger partial charge in [-0.15, -0.1) is 0 Å². The number of aliphatic carboxylic acids is 1. The van der Waals surface area contributed by atoms with E-state index in [1.165, 1.54) is 7.11 Å². The molecule has 0 aromatic rings. The molecule has 0 bridgehead atoms. The van der Waals surface area contributed by atoms with Gasteiger partial charge in [0.15, 0.2) is 0 Å². The number of rotatable bonds is 2. The van der Waals surface area contributed by atoms with Crippen molar-refractivity contribution < 1.29 is 19.4 Å². The molecule has 0 aromatic carbocycles. The van der Waals surface area contributed by atoms with Crippen LogP contribution in [0.2, 0.25) is 0 Å². The molecular weight excluding hydrogens is 163 g/mol. The molecule has 0 aliphatic rings. The fourth-order valence-corrected chi connectivity index (χ4v) is 0.207. The summed E-state index contributed by atoms with van der Waals surface area (Å²) < 4.78 is 4.11. The van der Waals surface area contributed by atoms with E-state index in [0.717, 1.165) is 6.08 Å². The van der Waals surface area contributed by atoms with Crippen molar-refractivity contribution >= 4 is 63.3 Å². The van der Waals surface area contributed by atoms with E-state index < -0.39 is 11.9 Å². The quantitative estimate of drug-likeness (QED) is 0.333. The first-order valence-corrected chi connectivity index (χ1v) is 2.15. The molecule has 0 aromatic heterocycles. The summed E-state index contributed by atoms with van der Waals surface area (Å²) in [5.74, 6) is -1.84. The van der Waals surface area contributed by atoms with Crippen molar-refractivity contribution in [3.8, 4) is 0 Å². The van der Waals surface area contributed by atoms with Gasteiger partial charge in [-0.1, -0.05) is 0 Å². The average molecular weight is 170 g/mol. The Hall–Kier alpha value is 0.316. The van der Waals surface area contributed by atoms with Crippen molar-refractivity contribution in [2.75, 3.05) is 7.11 Å². The van der Waals surface area contributed by atoms with Crippen LogP contribution >= 0.6 is 0 Å². The van der Waals surface area contributed by atoms with E-state index in [1.807, 2.05) is 0 Å². The summed E-state index contributed by atoms with van der Waals surface area (Å²) in [6.45, 7) is 0. The van der Waals surface area contributed by atoms with Gasteiger partial charge in [0.2, 0.25) is 0 Å². The van der Waals surface area contributed by atoms with Crippen LogP contribution in [0, 0.1) is 0 Å². The van der Waals surface area contributed by atoms with E-state index in [0.29, 0.717) is 6.08 Å². The summed E-state index contributed by atoms with van der Waals surface area (Å²) >= 11 is 0. The Balaban J connectivity index is 0. The first-order chi connectivity index (χ1) is 4.16. The average Bonchev–Trinajstić information content (AvgIpc) is 1.83. The van der Waals surface area contributed by atoms with E-state index in [1.54, 1.807) is 0 Å². The number of carboxylic acids is 1. The molecule has 0 fully saturated rings. The number of carboxylic acid groups (broad SMARTS) is 1. The second-order valence-electron chi connectivity index (χ2n) is 1.19. The van der Waals surface area contributed by atoms with Gasteiger partial charge in [0.25, 0.3) is 0 Å². The van der Waals surface area contributed by atoms with Crippen LogP contribution in [0.3, 0.4) is 0 Å². The van der Waals surface area contributed by atoms with E-state index in [2.05, 4.69) is 4.74 Å². The fourth-order valence-electron chi connectivity index (χ4n) is 0.207. The van der Waals surface area contributed by atoms with E-state index in [9.17, 15) is 9.59 Å². The maximum atomic E-state index is 10.1. The molecule has 0 unspecified atom stereocenters. The molecule has 0 spiro atoms. The third kappa shape index (κ3) is 8.32. The number of ether oxygens (including phenoxy) is 1. The number of hydrogen-bond donors (Lipinski definition) is 1. The fraction of sp³-hybridized carbons (Fsp3) is 0.200. The predicted octanol–water partition coefficient (Wildman–Crippen LogP) is -0.848. The van der Waals surface area contributed by atoms with Crippen molar-refractivity contribution in [3.05, 3.63) is 12.2 Å². The summed E-state index contributed by atoms with van der Waals surface area (Å²) in [4.78, 5) is 19.9. The SMILES string of the molecule is COC(=O)/C=C\C(=O)O.[KH]. The third-order valence-corrected chi connectivity index (χ3v) is 0.563. The summed E-state index contributed by atoms with van der Waals surface area (Å²) in [5, 5.41) is 7.96. The third-order valence-electron chi connectivity index (χ3n) is 0.563. The first kappa shape index (κ1) is 12.9. The molecule has 0 radical (unpaired) electrons. The standard InChI is InChI=1S/C5H6O4.K.H/c1-9-5(8)3-2-4(6)7;;/h2-3H,1H3,(H,6,7);;/b3-2-;;. The van der Waals surface area contributed by atoms with E-state index in [-0.39, 0.29) is 51.4 Å². The Morgan fingerprint density at radius 1 is 1.40 bits per heavy atom. The van der Waals surface area contributed by atoms with Crippen LogP contribution in [0.4, 0.5) is 0 Å². The molecule has 0 saturated heterocycles. The molecule has 0 rings (SSSR count). The van der Waals surface area contributed by atoms with Crippen LogP contribution in [0.5, 0.6) is 0 Å². The van der Waals surface area contributed by atoms with Crippen molar-refractivity contribution in [1.82, 2.24) is 0 Å². The topological polar surface area (TPSA) is 63.6 Å². The van der Waals surface area contributed by atoms with Gasteiger partial charge in [0.05, 0.1) is 7.11 Å². The van der Waals surface area contributed by atoms with Gasteiger partial charge >= 0.3 is 63.3 Å². The van der Waals surface area contributed by atoms with Crippen LogP contribution < -0.4 is 0 Å². The van der Waals surface area contributed by atoms with Crippen LogP contribution in [0.25, 0.3) is 0 Å². The van der Waals surface area contributed by atoms with Crippen molar-refractivity contribution in [3.63, 3.8) is 0 Å². The molecule has 0 aliphatic carbocycles. The van der Waals surface area contributed by atoms with Gasteiger partial charge in [0, 0.05) is 12.2 Å². The van der Waals surface area contributed by atoms with Crippen molar-refractivity contribution in [1.29, 1.82) is 0 Å². The summed E-state index contributed by atoms with van der Waals surface area (Å²) in [6.07, 6.45) is 1.55. The number of esters is 1. The minimum atomic E-state index is -1.17. The molecule has 0 heterocycles. The number of hydrogen-bond acceptors (Lipinski definition) is 3. The first-order valence-electron chi connectivity index (χ1n) is 2.15. The van der Waals surface area contributed by atoms with Gasteiger partial charge in [0.1, 0.15) is 0 Å². The number of carbonyl (C=O) groups excluding carboxylic acids is 1. The molecule has 4 nitrogen and oxygen atoms in total. The zero-order chi connectivity index (χ0) is 7.28. The molecule has 0 amide bonds. The minimum absolute atomic E-state index is 0. The Labute approximate surface area is 101 Å². The summed E-state index contributed by atoms with van der Waals surface area (Å²) in [6, 6.07) is 0. The normalized spacial score (nSPS) is 8.50. The second-order valence-corrected chi connectivity index (χ2v) is 1.19. The van der Waals surface area contributed by atoms with Gasteiger partial charge in [-0.3, -0.25) is 0 Å². The van der Waals surface area contributed by atoms with Crippen molar-refractivity contribution in [2.45, 2.75) is 0 Å². The molecule has 1 N–H and O–H groups in total. The van der Waals surface area contributed by atoms with Gasteiger partial charge in [-0.05, 0) is 0 Å². The molecule has 0 atom stereocenters. The second kappa shape index (κ2) is 7.42. The molecule has 5 heteroatoms. The van der Waals surface area contributed by atoms with Crippen molar-refractivity contribution in [2.24, 2.45) is 0 Å². The zero-order valence-corrected chi connectivity index (χ0v) is 4.83. The van der Waals surface area contributed by atoms with Crippen LogP contribution in [0.15, 0.2) is 12.2 Å². The maximum absolute atomic E-state index is 10.1. The molecule has 52 valence electrons. The molecule has 10 heavy (non-hydrogen) atoms.